The van der Waals surface area contributed by atoms with E-state index in [9.17, 15) is 17.6 Å². The van der Waals surface area contributed by atoms with E-state index in [2.05, 4.69) is 15.9 Å². The molecular weight excluding hydrogens is 352 g/mol. The van der Waals surface area contributed by atoms with Gasteiger partial charge in [-0.3, -0.25) is 0 Å². The van der Waals surface area contributed by atoms with Crippen molar-refractivity contribution in [1.82, 2.24) is 0 Å². The van der Waals surface area contributed by atoms with Gasteiger partial charge in [0.2, 0.25) is 0 Å². The van der Waals surface area contributed by atoms with Crippen LogP contribution in [0.25, 0.3) is 0 Å². The van der Waals surface area contributed by atoms with E-state index in [0.717, 1.165) is 12.1 Å². The number of alkyl halides is 3. The molecule has 0 saturated heterocycles. The number of rotatable bonds is 3. The van der Waals surface area contributed by atoms with Crippen LogP contribution in [0.3, 0.4) is 0 Å². The van der Waals surface area contributed by atoms with E-state index in [1.807, 2.05) is 0 Å². The highest BCUT2D eigenvalue weighted by Gasteiger charge is 2.31. The van der Waals surface area contributed by atoms with Gasteiger partial charge in [-0.25, -0.2) is 4.39 Å². The van der Waals surface area contributed by atoms with Gasteiger partial charge in [-0.15, -0.1) is 0 Å². The lowest BCUT2D eigenvalue weighted by Gasteiger charge is -2.17. The molecule has 0 bridgehead atoms. The van der Waals surface area contributed by atoms with Crippen LogP contribution in [-0.4, -0.2) is 0 Å². The van der Waals surface area contributed by atoms with Crippen LogP contribution in [0, 0.1) is 5.82 Å². The molecule has 2 aromatic rings. The summed E-state index contributed by atoms with van der Waals surface area (Å²) in [7, 11) is 0. The maximum atomic E-state index is 12.9. The second kappa shape index (κ2) is 6.05. The van der Waals surface area contributed by atoms with Gasteiger partial charge in [0.25, 0.3) is 0 Å². The highest BCUT2D eigenvalue weighted by molar-refractivity contribution is 9.10. The molecule has 0 saturated carbocycles. The van der Waals surface area contributed by atoms with Crippen LogP contribution in [-0.2, 0) is 6.18 Å². The number of hydrogen-bond donors (Lipinski definition) is 0. The maximum absolute atomic E-state index is 12.9. The zero-order chi connectivity index (χ0) is 15.6. The summed E-state index contributed by atoms with van der Waals surface area (Å²) >= 11 is 3.16. The zero-order valence-corrected chi connectivity index (χ0v) is 12.5. The lowest BCUT2D eigenvalue weighted by Crippen LogP contribution is -2.07. The summed E-state index contributed by atoms with van der Waals surface area (Å²) < 4.78 is 56.9. The Morgan fingerprint density at radius 3 is 2.24 bits per heavy atom. The summed E-state index contributed by atoms with van der Waals surface area (Å²) in [6, 6.07) is 8.80. The lowest BCUT2D eigenvalue weighted by atomic mass is 10.1. The molecule has 0 fully saturated rings. The summed E-state index contributed by atoms with van der Waals surface area (Å²) in [6.45, 7) is 1.68. The van der Waals surface area contributed by atoms with Crippen LogP contribution < -0.4 is 4.74 Å². The molecule has 0 aliphatic carbocycles. The van der Waals surface area contributed by atoms with Gasteiger partial charge in [0.05, 0.1) is 10.0 Å². The van der Waals surface area contributed by atoms with E-state index in [0.29, 0.717) is 10.0 Å². The zero-order valence-electron chi connectivity index (χ0n) is 10.9. The molecule has 0 amide bonds. The van der Waals surface area contributed by atoms with E-state index in [1.54, 1.807) is 6.92 Å². The summed E-state index contributed by atoms with van der Waals surface area (Å²) in [4.78, 5) is 0. The number of halogens is 5. The van der Waals surface area contributed by atoms with E-state index in [-0.39, 0.29) is 11.6 Å². The molecule has 1 nitrogen and oxygen atoms in total. The van der Waals surface area contributed by atoms with Gasteiger partial charge in [0.1, 0.15) is 17.7 Å². The van der Waals surface area contributed by atoms with Crippen LogP contribution in [0.15, 0.2) is 46.9 Å². The minimum Gasteiger partial charge on any atom is -0.485 e. The van der Waals surface area contributed by atoms with Gasteiger partial charge < -0.3 is 4.74 Å². The van der Waals surface area contributed by atoms with Crippen molar-refractivity contribution < 1.29 is 22.3 Å². The van der Waals surface area contributed by atoms with Crippen LogP contribution in [0.1, 0.15) is 24.2 Å². The van der Waals surface area contributed by atoms with Gasteiger partial charge in [-0.05, 0) is 58.7 Å². The smallest absolute Gasteiger partial charge is 0.416 e. The molecule has 1 atom stereocenters. The third kappa shape index (κ3) is 3.97. The largest absolute Gasteiger partial charge is 0.485 e. The second-order valence-corrected chi connectivity index (χ2v) is 5.31. The molecule has 0 aliphatic rings. The predicted molar refractivity (Wildman–Crippen MR) is 74.6 cm³/mol. The average Bonchev–Trinajstić information content (AvgIpc) is 2.40. The van der Waals surface area contributed by atoms with Crippen LogP contribution >= 0.6 is 15.9 Å². The van der Waals surface area contributed by atoms with E-state index in [4.69, 9.17) is 4.74 Å². The molecule has 112 valence electrons. The Bertz CT molecular complexity index is 623. The Morgan fingerprint density at radius 1 is 1.05 bits per heavy atom. The van der Waals surface area contributed by atoms with E-state index < -0.39 is 17.8 Å². The summed E-state index contributed by atoms with van der Waals surface area (Å²) in [5.41, 5.74) is -0.118. The van der Waals surface area contributed by atoms with E-state index in [1.165, 1.54) is 30.3 Å². The predicted octanol–water partition coefficient (Wildman–Crippen LogP) is 5.75. The first-order chi connectivity index (χ1) is 9.77. The molecule has 2 rings (SSSR count). The van der Waals surface area contributed by atoms with Crippen molar-refractivity contribution in [2.24, 2.45) is 0 Å². The normalized spacial score (nSPS) is 13.0. The van der Waals surface area contributed by atoms with Crippen molar-refractivity contribution in [2.75, 3.05) is 0 Å². The molecular formula is C15H11BrF4O. The molecule has 0 N–H and O–H groups in total. The Hall–Kier alpha value is -1.56. The minimum atomic E-state index is -4.43. The number of hydrogen-bond acceptors (Lipinski definition) is 1. The quantitative estimate of drug-likeness (QED) is 0.632. The fraction of sp³-hybridized carbons (Fsp3) is 0.200. The Balaban J connectivity index is 2.24. The van der Waals surface area contributed by atoms with Crippen LogP contribution in [0.2, 0.25) is 0 Å². The lowest BCUT2D eigenvalue weighted by molar-refractivity contribution is -0.137. The van der Waals surface area contributed by atoms with Gasteiger partial charge in [-0.1, -0.05) is 12.1 Å². The highest BCUT2D eigenvalue weighted by atomic mass is 79.9. The molecule has 0 radical (unpaired) electrons. The fourth-order valence-corrected chi connectivity index (χ4v) is 2.10. The number of benzene rings is 2. The summed E-state index contributed by atoms with van der Waals surface area (Å²) in [5.74, 6) is -0.298. The Morgan fingerprint density at radius 2 is 1.67 bits per heavy atom. The molecule has 0 spiro atoms. The first-order valence-electron chi connectivity index (χ1n) is 6.06. The standard InChI is InChI=1S/C15H11BrF4O/c1-9(10-2-5-12(17)6-3-10)21-14-8-11(15(18,19)20)4-7-13(14)16/h2-9H,1H3. The van der Waals surface area contributed by atoms with Crippen molar-refractivity contribution in [1.29, 1.82) is 0 Å². The molecule has 0 aromatic heterocycles. The van der Waals surface area contributed by atoms with Crippen molar-refractivity contribution >= 4 is 15.9 Å². The van der Waals surface area contributed by atoms with Crippen LogP contribution in [0.5, 0.6) is 5.75 Å². The Labute approximate surface area is 127 Å². The molecule has 2 aromatic carbocycles. The fourth-order valence-electron chi connectivity index (χ4n) is 1.76. The van der Waals surface area contributed by atoms with Gasteiger partial charge in [0.15, 0.2) is 0 Å². The van der Waals surface area contributed by atoms with Gasteiger partial charge in [0, 0.05) is 0 Å². The minimum absolute atomic E-state index is 0.0849. The molecule has 0 heterocycles. The molecule has 0 aliphatic heterocycles. The highest BCUT2D eigenvalue weighted by Crippen LogP contribution is 2.36. The number of ether oxygens (including phenoxy) is 1. The summed E-state index contributed by atoms with van der Waals surface area (Å²) in [6.07, 6.45) is -4.94. The van der Waals surface area contributed by atoms with Crippen molar-refractivity contribution in [3.05, 3.63) is 63.9 Å². The third-order valence-corrected chi connectivity index (χ3v) is 3.56. The monoisotopic (exact) mass is 362 g/mol. The first-order valence-corrected chi connectivity index (χ1v) is 6.85. The Kier molecular flexibility index (Phi) is 4.56. The second-order valence-electron chi connectivity index (χ2n) is 4.45. The SMILES string of the molecule is CC(Oc1cc(C(F)(F)F)ccc1Br)c1ccc(F)cc1. The van der Waals surface area contributed by atoms with Gasteiger partial charge >= 0.3 is 6.18 Å². The van der Waals surface area contributed by atoms with Crippen molar-refractivity contribution in [3.8, 4) is 5.75 Å². The van der Waals surface area contributed by atoms with E-state index >= 15 is 0 Å². The molecule has 6 heteroatoms. The average molecular weight is 363 g/mol. The first kappa shape index (κ1) is 15.8. The van der Waals surface area contributed by atoms with Gasteiger partial charge in [-0.2, -0.15) is 13.2 Å². The topological polar surface area (TPSA) is 9.23 Å². The molecule has 21 heavy (non-hydrogen) atoms. The maximum Gasteiger partial charge on any atom is 0.416 e. The molecule has 1 unspecified atom stereocenters. The van der Waals surface area contributed by atoms with Crippen molar-refractivity contribution in [2.45, 2.75) is 19.2 Å². The third-order valence-electron chi connectivity index (χ3n) is 2.90. The van der Waals surface area contributed by atoms with Crippen molar-refractivity contribution in [3.63, 3.8) is 0 Å². The van der Waals surface area contributed by atoms with Crippen LogP contribution in [0.4, 0.5) is 17.6 Å². The summed E-state index contributed by atoms with van der Waals surface area (Å²) in [5, 5.41) is 0.